The highest BCUT2D eigenvalue weighted by Crippen LogP contribution is 2.31. The molecule has 0 spiro atoms. The van der Waals surface area contributed by atoms with E-state index in [1.165, 1.54) is 7.11 Å². The van der Waals surface area contributed by atoms with E-state index in [0.29, 0.717) is 31.3 Å². The molecule has 1 unspecified atom stereocenters. The molecule has 1 atom stereocenters. The highest BCUT2D eigenvalue weighted by molar-refractivity contribution is 7.89. The van der Waals surface area contributed by atoms with Crippen molar-refractivity contribution in [2.45, 2.75) is 37.6 Å². The minimum atomic E-state index is -3.53. The summed E-state index contributed by atoms with van der Waals surface area (Å²) in [6, 6.07) is 5.10. The van der Waals surface area contributed by atoms with Crippen LogP contribution in [0.15, 0.2) is 23.1 Å². The fraction of sp³-hybridized carbons (Fsp3) is 0.600. The molecule has 1 heterocycles. The molecule has 0 bridgehead atoms. The molecule has 0 amide bonds. The first-order valence-electron chi connectivity index (χ1n) is 7.40. The Balaban J connectivity index is 2.38. The molecule has 0 aliphatic carbocycles. The summed E-state index contributed by atoms with van der Waals surface area (Å²) in [6.07, 6.45) is 3.02. The Morgan fingerprint density at radius 1 is 1.43 bits per heavy atom. The molecule has 5 nitrogen and oxygen atoms in total. The molecule has 2 N–H and O–H groups in total. The molecule has 2 rings (SSSR count). The summed E-state index contributed by atoms with van der Waals surface area (Å²) in [5.74, 6) is 0.822. The van der Waals surface area contributed by atoms with Crippen LogP contribution in [0.1, 0.15) is 31.7 Å². The number of hydrogen-bond donors (Lipinski definition) is 1. The van der Waals surface area contributed by atoms with Crippen molar-refractivity contribution in [2.24, 2.45) is 11.7 Å². The van der Waals surface area contributed by atoms with E-state index in [4.69, 9.17) is 10.5 Å². The highest BCUT2D eigenvalue weighted by Gasteiger charge is 2.31. The lowest BCUT2D eigenvalue weighted by Crippen LogP contribution is -2.39. The maximum atomic E-state index is 12.9. The molecule has 1 aromatic carbocycles. The Morgan fingerprint density at radius 3 is 2.81 bits per heavy atom. The topological polar surface area (TPSA) is 72.6 Å². The zero-order valence-corrected chi connectivity index (χ0v) is 13.5. The van der Waals surface area contributed by atoms with Crippen LogP contribution in [0.5, 0.6) is 5.75 Å². The summed E-state index contributed by atoms with van der Waals surface area (Å²) in [5.41, 5.74) is 6.42. The number of sulfonamides is 1. The van der Waals surface area contributed by atoms with Crippen molar-refractivity contribution < 1.29 is 13.2 Å². The molecule has 0 radical (unpaired) electrons. The van der Waals surface area contributed by atoms with Gasteiger partial charge in [0, 0.05) is 19.6 Å². The van der Waals surface area contributed by atoms with E-state index in [9.17, 15) is 8.42 Å². The van der Waals surface area contributed by atoms with Crippen LogP contribution in [0.25, 0.3) is 0 Å². The number of rotatable bonds is 5. The number of piperidine rings is 1. The predicted octanol–water partition coefficient (Wildman–Crippen LogP) is 1.96. The fourth-order valence-electron chi connectivity index (χ4n) is 2.77. The zero-order chi connectivity index (χ0) is 15.5. The second-order valence-corrected chi connectivity index (χ2v) is 7.38. The van der Waals surface area contributed by atoms with Gasteiger partial charge in [0.05, 0.1) is 7.11 Å². The normalized spacial score (nSPS) is 20.4. The van der Waals surface area contributed by atoms with Crippen LogP contribution in [-0.4, -0.2) is 32.9 Å². The van der Waals surface area contributed by atoms with Crippen molar-refractivity contribution in [2.75, 3.05) is 20.2 Å². The van der Waals surface area contributed by atoms with Crippen molar-refractivity contribution >= 4 is 10.0 Å². The third kappa shape index (κ3) is 3.39. The minimum Gasteiger partial charge on any atom is -0.495 e. The number of nitrogens with two attached hydrogens (primary N) is 1. The molecule has 118 valence electrons. The van der Waals surface area contributed by atoms with Crippen molar-refractivity contribution in [3.05, 3.63) is 23.8 Å². The molecule has 1 saturated heterocycles. The Kier molecular flexibility index (Phi) is 5.24. The number of ether oxygens (including phenoxy) is 1. The largest absolute Gasteiger partial charge is 0.495 e. The molecular weight excluding hydrogens is 288 g/mol. The monoisotopic (exact) mass is 312 g/mol. The van der Waals surface area contributed by atoms with E-state index in [0.717, 1.165) is 24.8 Å². The van der Waals surface area contributed by atoms with Gasteiger partial charge < -0.3 is 10.5 Å². The average Bonchev–Trinajstić information content (AvgIpc) is 2.54. The first-order valence-corrected chi connectivity index (χ1v) is 8.84. The van der Waals surface area contributed by atoms with Crippen LogP contribution in [0.3, 0.4) is 0 Å². The summed E-state index contributed by atoms with van der Waals surface area (Å²) in [7, 11) is -2.04. The Labute approximate surface area is 127 Å². The smallest absolute Gasteiger partial charge is 0.246 e. The standard InChI is InChI=1S/C15H24N2O3S/c1-3-12-5-4-8-17(11-12)21(18,19)15-9-13(10-16)6-7-14(15)20-2/h6-7,9,12H,3-5,8,10-11,16H2,1-2H3. The summed E-state index contributed by atoms with van der Waals surface area (Å²) < 4.78 is 32.6. The number of nitrogens with zero attached hydrogens (tertiary/aromatic N) is 1. The van der Waals surface area contributed by atoms with Gasteiger partial charge in [-0.15, -0.1) is 0 Å². The average molecular weight is 312 g/mol. The van der Waals surface area contributed by atoms with E-state index in [-0.39, 0.29) is 4.90 Å². The maximum Gasteiger partial charge on any atom is 0.246 e. The van der Waals surface area contributed by atoms with Crippen molar-refractivity contribution in [1.29, 1.82) is 0 Å². The van der Waals surface area contributed by atoms with Crippen LogP contribution in [-0.2, 0) is 16.6 Å². The molecule has 21 heavy (non-hydrogen) atoms. The second-order valence-electron chi connectivity index (χ2n) is 5.47. The summed E-state index contributed by atoms with van der Waals surface area (Å²) in [6.45, 7) is 3.59. The summed E-state index contributed by atoms with van der Waals surface area (Å²) >= 11 is 0. The summed E-state index contributed by atoms with van der Waals surface area (Å²) in [4.78, 5) is 0.227. The zero-order valence-electron chi connectivity index (χ0n) is 12.7. The lowest BCUT2D eigenvalue weighted by atomic mass is 9.97. The first kappa shape index (κ1) is 16.3. The quantitative estimate of drug-likeness (QED) is 0.902. The van der Waals surface area contributed by atoms with Crippen LogP contribution in [0.4, 0.5) is 0 Å². The van der Waals surface area contributed by atoms with Crippen LogP contribution < -0.4 is 10.5 Å². The van der Waals surface area contributed by atoms with Gasteiger partial charge in [-0.1, -0.05) is 19.4 Å². The molecule has 1 aliphatic rings. The van der Waals surface area contributed by atoms with Gasteiger partial charge in [-0.3, -0.25) is 0 Å². The molecule has 1 fully saturated rings. The molecule has 6 heteroatoms. The molecule has 0 saturated carbocycles. The lowest BCUT2D eigenvalue weighted by Gasteiger charge is -2.31. The fourth-order valence-corrected chi connectivity index (χ4v) is 4.53. The van der Waals surface area contributed by atoms with Gasteiger partial charge >= 0.3 is 0 Å². The van der Waals surface area contributed by atoms with E-state index in [1.54, 1.807) is 22.5 Å². The predicted molar refractivity (Wildman–Crippen MR) is 82.7 cm³/mol. The van der Waals surface area contributed by atoms with E-state index in [2.05, 4.69) is 6.92 Å². The third-order valence-corrected chi connectivity index (χ3v) is 6.03. The second kappa shape index (κ2) is 6.77. The first-order chi connectivity index (χ1) is 10.0. The van der Waals surface area contributed by atoms with Gasteiger partial charge in [-0.2, -0.15) is 4.31 Å². The van der Waals surface area contributed by atoms with Crippen molar-refractivity contribution in [3.8, 4) is 5.75 Å². The van der Waals surface area contributed by atoms with Gasteiger partial charge in [0.25, 0.3) is 0 Å². The van der Waals surface area contributed by atoms with Crippen molar-refractivity contribution in [3.63, 3.8) is 0 Å². The van der Waals surface area contributed by atoms with Crippen LogP contribution in [0, 0.1) is 5.92 Å². The van der Waals surface area contributed by atoms with Crippen molar-refractivity contribution in [1.82, 2.24) is 4.31 Å². The number of hydrogen-bond acceptors (Lipinski definition) is 4. The SMILES string of the molecule is CCC1CCCN(S(=O)(=O)c2cc(CN)ccc2OC)C1. The van der Waals surface area contributed by atoms with E-state index < -0.39 is 10.0 Å². The molecular formula is C15H24N2O3S. The Morgan fingerprint density at radius 2 is 2.19 bits per heavy atom. The van der Waals surface area contributed by atoms with Gasteiger partial charge in [0.15, 0.2) is 0 Å². The van der Waals surface area contributed by atoms with Gasteiger partial charge in [-0.05, 0) is 36.5 Å². The number of benzene rings is 1. The van der Waals surface area contributed by atoms with Gasteiger partial charge in [0.1, 0.15) is 10.6 Å². The molecule has 0 aromatic heterocycles. The van der Waals surface area contributed by atoms with Crippen LogP contribution >= 0.6 is 0 Å². The lowest BCUT2D eigenvalue weighted by molar-refractivity contribution is 0.260. The van der Waals surface area contributed by atoms with E-state index >= 15 is 0 Å². The molecule has 1 aliphatic heterocycles. The van der Waals surface area contributed by atoms with Crippen LogP contribution in [0.2, 0.25) is 0 Å². The highest BCUT2D eigenvalue weighted by atomic mass is 32.2. The molecule has 1 aromatic rings. The summed E-state index contributed by atoms with van der Waals surface area (Å²) in [5, 5.41) is 0. The maximum absolute atomic E-state index is 12.9. The minimum absolute atomic E-state index is 0.227. The Bertz CT molecular complexity index is 587. The van der Waals surface area contributed by atoms with Gasteiger partial charge in [-0.25, -0.2) is 8.42 Å². The van der Waals surface area contributed by atoms with Gasteiger partial charge in [0.2, 0.25) is 10.0 Å². The Hall–Kier alpha value is -1.11. The third-order valence-electron chi connectivity index (χ3n) is 4.14. The van der Waals surface area contributed by atoms with E-state index in [1.807, 2.05) is 0 Å². The number of methoxy groups -OCH3 is 1.